The van der Waals surface area contributed by atoms with Crippen molar-refractivity contribution in [2.75, 3.05) is 40.8 Å². The molecule has 0 spiro atoms. The van der Waals surface area contributed by atoms with Crippen LogP contribution in [0.25, 0.3) is 0 Å². The molecule has 0 saturated heterocycles. The van der Waals surface area contributed by atoms with Gasteiger partial charge in [0.2, 0.25) is 0 Å². The molecule has 0 aliphatic carbocycles. The van der Waals surface area contributed by atoms with Crippen molar-refractivity contribution in [2.45, 2.75) is 13.5 Å². The van der Waals surface area contributed by atoms with Crippen LogP contribution in [0.4, 0.5) is 0 Å². The summed E-state index contributed by atoms with van der Waals surface area (Å²) < 4.78 is 3.23. The highest BCUT2D eigenvalue weighted by molar-refractivity contribution is 14.0. The van der Waals surface area contributed by atoms with Gasteiger partial charge in [0.05, 0.1) is 6.54 Å². The van der Waals surface area contributed by atoms with Gasteiger partial charge in [-0.1, -0.05) is 6.92 Å². The second-order valence-corrected chi connectivity index (χ2v) is 5.90. The summed E-state index contributed by atoms with van der Waals surface area (Å²) in [5, 5.41) is 3.39. The maximum Gasteiger partial charge on any atom is 0.193 e. The fourth-order valence-corrected chi connectivity index (χ4v) is 2.51. The van der Waals surface area contributed by atoms with E-state index in [1.165, 1.54) is 5.69 Å². The summed E-state index contributed by atoms with van der Waals surface area (Å²) in [6.07, 6.45) is 2.07. The van der Waals surface area contributed by atoms with Crippen LogP contribution in [0.1, 0.15) is 12.6 Å². The number of guanidine groups is 1. The van der Waals surface area contributed by atoms with E-state index >= 15 is 0 Å². The summed E-state index contributed by atoms with van der Waals surface area (Å²) in [7, 11) is 8.05. The molecule has 1 N–H and O–H groups in total. The Balaban J connectivity index is 0.00000400. The molecular weight excluding hydrogens is 445 g/mol. The number of aliphatic imine (C=N–C) groups is 1. The van der Waals surface area contributed by atoms with E-state index in [1.807, 2.05) is 7.05 Å². The average Bonchev–Trinajstić information content (AvgIpc) is 2.72. The van der Waals surface area contributed by atoms with E-state index in [-0.39, 0.29) is 24.0 Å². The molecule has 0 saturated carbocycles. The van der Waals surface area contributed by atoms with E-state index < -0.39 is 0 Å². The lowest BCUT2D eigenvalue weighted by Gasteiger charge is -2.23. The number of hydrogen-bond acceptors (Lipinski definition) is 2. The Hall–Kier alpha value is -0.280. The Morgan fingerprint density at radius 2 is 2.10 bits per heavy atom. The van der Waals surface area contributed by atoms with E-state index in [2.05, 4.69) is 80.9 Å². The van der Waals surface area contributed by atoms with Gasteiger partial charge in [-0.3, -0.25) is 4.99 Å². The number of nitrogens with zero attached hydrogens (tertiary/aromatic N) is 4. The van der Waals surface area contributed by atoms with Gasteiger partial charge in [-0.2, -0.15) is 0 Å². The average molecular weight is 472 g/mol. The van der Waals surface area contributed by atoms with Crippen LogP contribution < -0.4 is 5.32 Å². The number of aromatic nitrogens is 1. The van der Waals surface area contributed by atoms with Crippen LogP contribution in [0, 0.1) is 0 Å². The van der Waals surface area contributed by atoms with E-state index in [0.717, 1.165) is 36.6 Å². The minimum atomic E-state index is 0. The molecule has 0 radical (unpaired) electrons. The normalized spacial score (nSPS) is 11.5. The maximum atomic E-state index is 4.34. The van der Waals surface area contributed by atoms with Crippen LogP contribution >= 0.6 is 39.9 Å². The van der Waals surface area contributed by atoms with Crippen molar-refractivity contribution in [3.05, 3.63) is 22.4 Å². The van der Waals surface area contributed by atoms with Crippen molar-refractivity contribution in [1.29, 1.82) is 0 Å². The van der Waals surface area contributed by atoms with Gasteiger partial charge in [0.15, 0.2) is 5.96 Å². The lowest BCUT2D eigenvalue weighted by molar-refractivity contribution is 0.353. The molecule has 0 amide bonds. The number of rotatable bonds is 6. The molecule has 0 bridgehead atoms. The monoisotopic (exact) mass is 471 g/mol. The topological polar surface area (TPSA) is 35.8 Å². The number of nitrogens with one attached hydrogen (secondary N) is 1. The van der Waals surface area contributed by atoms with E-state index in [1.54, 1.807) is 0 Å². The first kappa shape index (κ1) is 20.7. The largest absolute Gasteiger partial charge is 0.355 e. The Morgan fingerprint density at radius 1 is 1.43 bits per heavy atom. The molecule has 21 heavy (non-hydrogen) atoms. The molecule has 0 aliphatic rings. The van der Waals surface area contributed by atoms with Crippen LogP contribution in [-0.4, -0.2) is 61.1 Å². The molecular formula is C14H27BrIN5. The standard InChI is InChI=1S/C14H26BrN5.HI/c1-6-18(3)8-7-17-14(16-2)20(5)11-13-9-12(15)10-19(13)4;/h9-10H,6-8,11H2,1-5H3,(H,16,17);1H. The summed E-state index contributed by atoms with van der Waals surface area (Å²) in [6.45, 7) is 5.96. The lowest BCUT2D eigenvalue weighted by Crippen LogP contribution is -2.41. The van der Waals surface area contributed by atoms with Gasteiger partial charge in [0.1, 0.15) is 0 Å². The van der Waals surface area contributed by atoms with E-state index in [9.17, 15) is 0 Å². The van der Waals surface area contributed by atoms with Crippen LogP contribution in [0.2, 0.25) is 0 Å². The molecule has 7 heteroatoms. The first-order valence-electron chi connectivity index (χ1n) is 6.89. The summed E-state index contributed by atoms with van der Waals surface area (Å²) >= 11 is 3.50. The van der Waals surface area contributed by atoms with Crippen molar-refractivity contribution in [3.63, 3.8) is 0 Å². The zero-order chi connectivity index (χ0) is 15.1. The zero-order valence-electron chi connectivity index (χ0n) is 13.6. The molecule has 5 nitrogen and oxygen atoms in total. The minimum absolute atomic E-state index is 0. The number of likely N-dealkylation sites (N-methyl/N-ethyl adjacent to an activating group) is 1. The van der Waals surface area contributed by atoms with Crippen LogP contribution in [-0.2, 0) is 13.6 Å². The molecule has 1 aromatic rings. The van der Waals surface area contributed by atoms with Crippen molar-refractivity contribution in [3.8, 4) is 0 Å². The molecule has 1 heterocycles. The maximum absolute atomic E-state index is 4.34. The quantitative estimate of drug-likeness (QED) is 0.393. The highest BCUT2D eigenvalue weighted by atomic mass is 127. The molecule has 0 unspecified atom stereocenters. The Kier molecular flexibility index (Phi) is 10.3. The number of hydrogen-bond donors (Lipinski definition) is 1. The predicted molar refractivity (Wildman–Crippen MR) is 105 cm³/mol. The summed E-state index contributed by atoms with van der Waals surface area (Å²) in [4.78, 5) is 8.74. The third-order valence-electron chi connectivity index (χ3n) is 3.36. The molecule has 1 rings (SSSR count). The highest BCUT2D eigenvalue weighted by Gasteiger charge is 2.09. The van der Waals surface area contributed by atoms with Gasteiger partial charge in [0, 0.05) is 50.6 Å². The molecule has 122 valence electrons. The molecule has 0 fully saturated rings. The molecule has 0 atom stereocenters. The van der Waals surface area contributed by atoms with Gasteiger partial charge in [-0.15, -0.1) is 24.0 Å². The second kappa shape index (κ2) is 10.4. The van der Waals surface area contributed by atoms with Crippen molar-refractivity contribution in [1.82, 2.24) is 19.7 Å². The molecule has 1 aromatic heterocycles. The van der Waals surface area contributed by atoms with Gasteiger partial charge >= 0.3 is 0 Å². The zero-order valence-corrected chi connectivity index (χ0v) is 17.5. The van der Waals surface area contributed by atoms with Gasteiger partial charge in [-0.05, 0) is 35.6 Å². The van der Waals surface area contributed by atoms with Gasteiger partial charge < -0.3 is 19.7 Å². The molecule has 0 aromatic carbocycles. The van der Waals surface area contributed by atoms with Crippen molar-refractivity contribution < 1.29 is 0 Å². The second-order valence-electron chi connectivity index (χ2n) is 4.99. The smallest absolute Gasteiger partial charge is 0.193 e. The Bertz CT molecular complexity index is 447. The Morgan fingerprint density at radius 3 is 2.57 bits per heavy atom. The summed E-state index contributed by atoms with van der Waals surface area (Å²) in [6, 6.07) is 2.13. The summed E-state index contributed by atoms with van der Waals surface area (Å²) in [5.41, 5.74) is 1.24. The lowest BCUT2D eigenvalue weighted by atomic mass is 10.4. The van der Waals surface area contributed by atoms with Crippen LogP contribution in [0.15, 0.2) is 21.7 Å². The predicted octanol–water partition coefficient (Wildman–Crippen LogP) is 2.36. The minimum Gasteiger partial charge on any atom is -0.355 e. The van der Waals surface area contributed by atoms with E-state index in [4.69, 9.17) is 0 Å². The first-order valence-corrected chi connectivity index (χ1v) is 7.68. The van der Waals surface area contributed by atoms with Crippen molar-refractivity contribution >= 4 is 45.9 Å². The fourth-order valence-electron chi connectivity index (χ4n) is 1.94. The third kappa shape index (κ3) is 7.01. The van der Waals surface area contributed by atoms with Crippen molar-refractivity contribution in [2.24, 2.45) is 12.0 Å². The van der Waals surface area contributed by atoms with E-state index in [0.29, 0.717) is 0 Å². The van der Waals surface area contributed by atoms with Gasteiger partial charge in [0.25, 0.3) is 0 Å². The third-order valence-corrected chi connectivity index (χ3v) is 3.80. The van der Waals surface area contributed by atoms with Crippen LogP contribution in [0.5, 0.6) is 0 Å². The first-order chi connectivity index (χ1) is 9.47. The highest BCUT2D eigenvalue weighted by Crippen LogP contribution is 2.14. The Labute approximate surface area is 153 Å². The van der Waals surface area contributed by atoms with Crippen LogP contribution in [0.3, 0.4) is 0 Å². The SMILES string of the molecule is CCN(C)CCNC(=NC)N(C)Cc1cc(Br)cn1C.I. The van der Waals surface area contributed by atoms with Gasteiger partial charge in [-0.25, -0.2) is 0 Å². The summed E-state index contributed by atoms with van der Waals surface area (Å²) in [5.74, 6) is 0.923. The molecule has 0 aliphatic heterocycles. The number of halogens is 2. The number of aryl methyl sites for hydroxylation is 1. The fraction of sp³-hybridized carbons (Fsp3) is 0.643.